The fraction of sp³-hybridized carbons (Fsp3) is 0.429. The Morgan fingerprint density at radius 3 is 2.65 bits per heavy atom. The van der Waals surface area contributed by atoms with E-state index in [9.17, 15) is 9.59 Å². The molecule has 1 aromatic heterocycles. The van der Waals surface area contributed by atoms with E-state index in [0.29, 0.717) is 18.8 Å². The largest absolute Gasteiger partial charge is 0.481 e. The van der Waals surface area contributed by atoms with E-state index in [1.54, 1.807) is 4.90 Å². The van der Waals surface area contributed by atoms with E-state index in [1.807, 2.05) is 58.0 Å². The summed E-state index contributed by atoms with van der Waals surface area (Å²) in [6.45, 7) is 8.61. The molecule has 0 saturated heterocycles. The van der Waals surface area contributed by atoms with Gasteiger partial charge in [-0.15, -0.1) is 0 Å². The summed E-state index contributed by atoms with van der Waals surface area (Å²) in [5.74, 6) is 0.736. The summed E-state index contributed by atoms with van der Waals surface area (Å²) in [7, 11) is 0. The fourth-order valence-electron chi connectivity index (χ4n) is 3.20. The Hall–Kier alpha value is -2.56. The molecule has 0 radical (unpaired) electrons. The van der Waals surface area contributed by atoms with Crippen LogP contribution >= 0.6 is 0 Å². The predicted octanol–water partition coefficient (Wildman–Crippen LogP) is 4.07. The molecule has 0 aliphatic carbocycles. The zero-order valence-corrected chi connectivity index (χ0v) is 15.7. The molecular formula is C21H25NO4. The Morgan fingerprint density at radius 1 is 1.27 bits per heavy atom. The van der Waals surface area contributed by atoms with Gasteiger partial charge in [0.25, 0.3) is 5.91 Å². The number of para-hydroxylation sites is 1. The summed E-state index contributed by atoms with van der Waals surface area (Å²) in [6, 6.07) is 9.70. The van der Waals surface area contributed by atoms with Crippen molar-refractivity contribution in [2.24, 2.45) is 5.92 Å². The summed E-state index contributed by atoms with van der Waals surface area (Å²) in [6.07, 6.45) is 1.59. The molecule has 0 fully saturated rings. The van der Waals surface area contributed by atoms with Crippen molar-refractivity contribution in [2.75, 3.05) is 6.54 Å². The average Bonchev–Trinajstić information content (AvgIpc) is 2.93. The van der Waals surface area contributed by atoms with Gasteiger partial charge in [-0.25, -0.2) is 0 Å². The molecule has 2 aromatic rings. The minimum Gasteiger partial charge on any atom is -0.481 e. The molecule has 0 N–H and O–H groups in total. The van der Waals surface area contributed by atoms with Crippen LogP contribution in [0.3, 0.4) is 0 Å². The number of hydrogen-bond acceptors (Lipinski definition) is 4. The van der Waals surface area contributed by atoms with Gasteiger partial charge in [0.2, 0.25) is 0 Å². The third-order valence-corrected chi connectivity index (χ3v) is 4.19. The van der Waals surface area contributed by atoms with E-state index < -0.39 is 5.60 Å². The first kappa shape index (κ1) is 18.2. The molecule has 1 aromatic carbocycles. The fourth-order valence-corrected chi connectivity index (χ4v) is 3.20. The van der Waals surface area contributed by atoms with Crippen molar-refractivity contribution in [3.63, 3.8) is 0 Å². The quantitative estimate of drug-likeness (QED) is 0.811. The van der Waals surface area contributed by atoms with Crippen molar-refractivity contribution < 1.29 is 18.7 Å². The van der Waals surface area contributed by atoms with Gasteiger partial charge in [-0.3, -0.25) is 9.59 Å². The Morgan fingerprint density at radius 2 is 2.00 bits per heavy atom. The van der Waals surface area contributed by atoms with Crippen molar-refractivity contribution in [3.05, 3.63) is 47.9 Å². The van der Waals surface area contributed by atoms with Gasteiger partial charge in [0.15, 0.2) is 11.5 Å². The number of allylic oxidation sites excluding steroid dienone is 1. The van der Waals surface area contributed by atoms with Crippen LogP contribution in [0.15, 0.2) is 46.6 Å². The second-order valence-corrected chi connectivity index (χ2v) is 7.84. The molecule has 0 bridgehead atoms. The number of benzene rings is 1. The van der Waals surface area contributed by atoms with Crippen LogP contribution in [0, 0.1) is 5.92 Å². The van der Waals surface area contributed by atoms with Gasteiger partial charge in [0.05, 0.1) is 6.54 Å². The lowest BCUT2D eigenvalue weighted by atomic mass is 9.98. The van der Waals surface area contributed by atoms with Crippen LogP contribution in [0.25, 0.3) is 11.0 Å². The number of nitrogens with zero attached hydrogens (tertiary/aromatic N) is 1. The van der Waals surface area contributed by atoms with Gasteiger partial charge in [-0.05, 0) is 31.9 Å². The molecule has 5 nitrogen and oxygen atoms in total. The molecule has 0 unspecified atom stereocenters. The van der Waals surface area contributed by atoms with E-state index in [1.165, 1.54) is 6.08 Å². The molecule has 0 atom stereocenters. The molecule has 0 saturated carbocycles. The van der Waals surface area contributed by atoms with E-state index in [2.05, 4.69) is 0 Å². The number of hydrogen-bond donors (Lipinski definition) is 0. The summed E-state index contributed by atoms with van der Waals surface area (Å²) >= 11 is 0. The number of fused-ring (bicyclic) bond motifs is 1. The summed E-state index contributed by atoms with van der Waals surface area (Å²) in [5, 5.41) is 1.00. The van der Waals surface area contributed by atoms with Crippen LogP contribution in [0.1, 0.15) is 39.9 Å². The summed E-state index contributed by atoms with van der Waals surface area (Å²) < 4.78 is 11.6. The zero-order chi connectivity index (χ0) is 18.9. The van der Waals surface area contributed by atoms with E-state index in [0.717, 1.165) is 11.0 Å². The third-order valence-electron chi connectivity index (χ3n) is 4.19. The molecule has 1 amide bonds. The summed E-state index contributed by atoms with van der Waals surface area (Å²) in [4.78, 5) is 26.7. The molecule has 26 heavy (non-hydrogen) atoms. The first-order chi connectivity index (χ1) is 12.2. The molecular weight excluding hydrogens is 330 g/mol. The highest BCUT2D eigenvalue weighted by molar-refractivity contribution is 6.01. The van der Waals surface area contributed by atoms with Gasteiger partial charge in [0, 0.05) is 24.4 Å². The van der Waals surface area contributed by atoms with E-state index in [4.69, 9.17) is 9.15 Å². The smallest absolute Gasteiger partial charge is 0.289 e. The third kappa shape index (κ3) is 4.15. The van der Waals surface area contributed by atoms with Crippen LogP contribution in [0.2, 0.25) is 0 Å². The molecule has 5 heteroatoms. The molecule has 2 heterocycles. The molecule has 0 spiro atoms. The van der Waals surface area contributed by atoms with Gasteiger partial charge in [0.1, 0.15) is 16.9 Å². The van der Waals surface area contributed by atoms with Gasteiger partial charge in [-0.2, -0.15) is 0 Å². The van der Waals surface area contributed by atoms with Crippen molar-refractivity contribution in [3.8, 4) is 0 Å². The number of furan rings is 1. The molecule has 3 rings (SSSR count). The molecule has 1 aliphatic rings. The number of ether oxygens (including phenoxy) is 1. The Labute approximate surface area is 153 Å². The number of carbonyl (C=O) groups is 2. The maximum atomic E-state index is 13.0. The first-order valence-corrected chi connectivity index (χ1v) is 8.94. The van der Waals surface area contributed by atoms with Gasteiger partial charge < -0.3 is 14.1 Å². The standard InChI is InChI=1S/C21H25NO4/c1-14(2)12-22(13-17-9-15-7-5-6-8-18(15)25-17)20(24)19-10-16(23)11-21(3,4)26-19/h5-10,14H,11-13H2,1-4H3. The second-order valence-electron chi connectivity index (χ2n) is 7.84. The monoisotopic (exact) mass is 355 g/mol. The lowest BCUT2D eigenvalue weighted by Crippen LogP contribution is -2.40. The van der Waals surface area contributed by atoms with Gasteiger partial charge in [-0.1, -0.05) is 32.0 Å². The number of ketones is 1. The van der Waals surface area contributed by atoms with Crippen molar-refractivity contribution in [1.82, 2.24) is 4.90 Å². The van der Waals surface area contributed by atoms with Gasteiger partial charge >= 0.3 is 0 Å². The SMILES string of the molecule is CC(C)CN(Cc1cc2ccccc2o1)C(=O)C1=CC(=O)CC(C)(C)O1. The first-order valence-electron chi connectivity index (χ1n) is 8.94. The van der Waals surface area contributed by atoms with Crippen LogP contribution in [0.5, 0.6) is 0 Å². The number of carbonyl (C=O) groups excluding carboxylic acids is 2. The minimum absolute atomic E-state index is 0.0853. The maximum Gasteiger partial charge on any atom is 0.289 e. The molecule has 138 valence electrons. The summed E-state index contributed by atoms with van der Waals surface area (Å²) in [5.41, 5.74) is 0.128. The van der Waals surface area contributed by atoms with E-state index >= 15 is 0 Å². The number of rotatable bonds is 5. The Kier molecular flexibility index (Phi) is 4.90. The van der Waals surface area contributed by atoms with Crippen LogP contribution in [0.4, 0.5) is 0 Å². The lowest BCUT2D eigenvalue weighted by Gasteiger charge is -2.32. The van der Waals surface area contributed by atoms with Crippen molar-refractivity contribution in [2.45, 2.75) is 46.3 Å². The highest BCUT2D eigenvalue weighted by Gasteiger charge is 2.34. The lowest BCUT2D eigenvalue weighted by molar-refractivity contribution is -0.139. The maximum absolute atomic E-state index is 13.0. The number of amides is 1. The van der Waals surface area contributed by atoms with Crippen LogP contribution in [-0.4, -0.2) is 28.7 Å². The average molecular weight is 355 g/mol. The van der Waals surface area contributed by atoms with Crippen molar-refractivity contribution >= 4 is 22.7 Å². The Bertz CT molecular complexity index is 827. The zero-order valence-electron chi connectivity index (χ0n) is 15.7. The van der Waals surface area contributed by atoms with Crippen LogP contribution in [-0.2, 0) is 20.9 Å². The van der Waals surface area contributed by atoms with Crippen molar-refractivity contribution in [1.29, 1.82) is 0 Å². The van der Waals surface area contributed by atoms with E-state index in [-0.39, 0.29) is 29.8 Å². The normalized spacial score (nSPS) is 16.5. The predicted molar refractivity (Wildman–Crippen MR) is 99.3 cm³/mol. The minimum atomic E-state index is -0.667. The topological polar surface area (TPSA) is 59.8 Å². The highest BCUT2D eigenvalue weighted by atomic mass is 16.5. The molecule has 1 aliphatic heterocycles. The van der Waals surface area contributed by atoms with Crippen LogP contribution < -0.4 is 0 Å². The highest BCUT2D eigenvalue weighted by Crippen LogP contribution is 2.27. The Balaban J connectivity index is 1.85. The second kappa shape index (κ2) is 6.98.